The maximum atomic E-state index is 9.97. The molecule has 0 aromatic heterocycles. The van der Waals surface area contributed by atoms with E-state index < -0.39 is 24.3 Å². The zero-order valence-corrected chi connectivity index (χ0v) is 10.4. The van der Waals surface area contributed by atoms with Gasteiger partial charge in [0.25, 0.3) is 0 Å². The third-order valence-corrected chi connectivity index (χ3v) is 2.40. The molecule has 0 bridgehead atoms. The van der Waals surface area contributed by atoms with Gasteiger partial charge in [-0.2, -0.15) is 0 Å². The highest BCUT2D eigenvalue weighted by Crippen LogP contribution is 2.23. The Bertz CT molecular complexity index is 210. The van der Waals surface area contributed by atoms with Crippen molar-refractivity contribution in [1.82, 2.24) is 0 Å². The molecule has 0 spiro atoms. The second-order valence-corrected chi connectivity index (χ2v) is 4.66. The van der Waals surface area contributed by atoms with Gasteiger partial charge in [-0.1, -0.05) is 0 Å². The molecule has 1 heterocycles. The average Bonchev–Trinajstić information content (AvgIpc) is 2.42. The molecule has 1 N–H and O–H groups in total. The third kappa shape index (κ3) is 3.73. The Kier molecular flexibility index (Phi) is 5.24. The molecule has 5 heteroatoms. The van der Waals surface area contributed by atoms with Crippen molar-refractivity contribution in [3.8, 4) is 0 Å². The van der Waals surface area contributed by atoms with Crippen molar-refractivity contribution in [3.63, 3.8) is 0 Å². The molecular formula is C11H21BO4. The Balaban J connectivity index is 2.46. The molecule has 16 heavy (non-hydrogen) atoms. The average molecular weight is 228 g/mol. The summed E-state index contributed by atoms with van der Waals surface area (Å²) in [5.74, 6) is 0. The van der Waals surface area contributed by atoms with Crippen LogP contribution in [0.2, 0.25) is 0 Å². The summed E-state index contributed by atoms with van der Waals surface area (Å²) in [4.78, 5) is 0. The summed E-state index contributed by atoms with van der Waals surface area (Å²) in [6.45, 7) is 8.01. The van der Waals surface area contributed by atoms with Gasteiger partial charge in [0.2, 0.25) is 0 Å². The Morgan fingerprint density at radius 1 is 1.25 bits per heavy atom. The van der Waals surface area contributed by atoms with Crippen LogP contribution in [-0.2, 0) is 14.2 Å². The molecule has 1 fully saturated rings. The first-order valence-corrected chi connectivity index (χ1v) is 5.78. The minimum Gasteiger partial charge on any atom is -0.388 e. The van der Waals surface area contributed by atoms with E-state index in [0.29, 0.717) is 6.61 Å². The minimum atomic E-state index is -0.726. The second-order valence-electron chi connectivity index (χ2n) is 4.66. The van der Waals surface area contributed by atoms with Crippen molar-refractivity contribution < 1.29 is 19.3 Å². The predicted molar refractivity (Wildman–Crippen MR) is 61.5 cm³/mol. The molecule has 0 aromatic rings. The van der Waals surface area contributed by atoms with Gasteiger partial charge in [-0.15, -0.1) is 0 Å². The van der Waals surface area contributed by atoms with Crippen LogP contribution in [0.5, 0.6) is 0 Å². The van der Waals surface area contributed by atoms with E-state index in [4.69, 9.17) is 22.1 Å². The van der Waals surface area contributed by atoms with Gasteiger partial charge in [-0.25, -0.2) is 0 Å². The van der Waals surface area contributed by atoms with E-state index in [0.717, 1.165) is 0 Å². The van der Waals surface area contributed by atoms with Crippen LogP contribution in [0.1, 0.15) is 27.7 Å². The van der Waals surface area contributed by atoms with Crippen molar-refractivity contribution >= 4 is 7.85 Å². The van der Waals surface area contributed by atoms with E-state index in [1.165, 1.54) is 0 Å². The Hall–Kier alpha value is -0.0951. The van der Waals surface area contributed by atoms with Crippen molar-refractivity contribution in [2.45, 2.75) is 64.2 Å². The molecule has 0 amide bonds. The summed E-state index contributed by atoms with van der Waals surface area (Å²) in [7, 11) is 5.75. The topological polar surface area (TPSA) is 47.9 Å². The lowest BCUT2D eigenvalue weighted by Crippen LogP contribution is -2.38. The molecule has 4 nitrogen and oxygen atoms in total. The van der Waals surface area contributed by atoms with Crippen LogP contribution < -0.4 is 0 Å². The summed E-state index contributed by atoms with van der Waals surface area (Å²) in [5, 5.41) is 9.97. The molecule has 1 aliphatic rings. The van der Waals surface area contributed by atoms with Crippen LogP contribution >= 0.6 is 0 Å². The maximum Gasteiger partial charge on any atom is 0.112 e. The monoisotopic (exact) mass is 228 g/mol. The van der Waals surface area contributed by atoms with Crippen LogP contribution in [0.4, 0.5) is 0 Å². The van der Waals surface area contributed by atoms with E-state index in [-0.39, 0.29) is 12.2 Å². The summed E-state index contributed by atoms with van der Waals surface area (Å²) in [5.41, 5.74) is 0. The van der Waals surface area contributed by atoms with Crippen LogP contribution in [0.3, 0.4) is 0 Å². The highest BCUT2D eigenvalue weighted by atomic mass is 16.6. The van der Waals surface area contributed by atoms with E-state index in [9.17, 15) is 5.11 Å². The Labute approximate surface area is 98.7 Å². The number of ether oxygens (including phenoxy) is 3. The molecule has 1 aliphatic heterocycles. The molecule has 0 aliphatic carbocycles. The van der Waals surface area contributed by atoms with Gasteiger partial charge >= 0.3 is 0 Å². The van der Waals surface area contributed by atoms with Gasteiger partial charge in [0, 0.05) is 6.00 Å². The van der Waals surface area contributed by atoms with Gasteiger partial charge in [0.1, 0.15) is 26.2 Å². The first kappa shape index (κ1) is 14.0. The smallest absolute Gasteiger partial charge is 0.112 e. The number of aliphatic hydroxyl groups excluding tert-OH is 1. The van der Waals surface area contributed by atoms with E-state index in [1.807, 2.05) is 27.7 Å². The van der Waals surface area contributed by atoms with Crippen molar-refractivity contribution in [1.29, 1.82) is 0 Å². The lowest BCUT2D eigenvalue weighted by Gasteiger charge is -2.21. The minimum absolute atomic E-state index is 0.0130. The number of hydrogen-bond donors (Lipinski definition) is 1. The summed E-state index contributed by atoms with van der Waals surface area (Å²) >= 11 is 0. The van der Waals surface area contributed by atoms with Crippen LogP contribution in [-0.4, -0.2) is 56.1 Å². The molecule has 2 radical (unpaired) electrons. The third-order valence-electron chi connectivity index (χ3n) is 2.40. The largest absolute Gasteiger partial charge is 0.388 e. The highest BCUT2D eigenvalue weighted by Gasteiger charge is 2.42. The van der Waals surface area contributed by atoms with Gasteiger partial charge in [0.05, 0.1) is 18.8 Å². The first-order chi connectivity index (χ1) is 7.41. The van der Waals surface area contributed by atoms with Gasteiger partial charge < -0.3 is 19.3 Å². The molecule has 1 unspecified atom stereocenters. The van der Waals surface area contributed by atoms with E-state index in [1.54, 1.807) is 0 Å². The fourth-order valence-corrected chi connectivity index (χ4v) is 1.66. The van der Waals surface area contributed by atoms with Gasteiger partial charge in [-0.05, 0) is 27.7 Å². The fraction of sp³-hybridized carbons (Fsp3) is 1.00. The van der Waals surface area contributed by atoms with Gasteiger partial charge in [-0.3, -0.25) is 0 Å². The van der Waals surface area contributed by atoms with E-state index in [2.05, 4.69) is 0 Å². The maximum absolute atomic E-state index is 9.97. The molecule has 0 saturated carbocycles. The zero-order chi connectivity index (χ0) is 12.3. The molecule has 1 saturated heterocycles. The SMILES string of the molecule is [B][C@@H]1O[C@H](COC(C)C)[C@H](O)C1OC(C)C. The number of aliphatic hydroxyl groups is 1. The summed E-state index contributed by atoms with van der Waals surface area (Å²) in [6, 6.07) is -0.585. The predicted octanol–water partition coefficient (Wildman–Crippen LogP) is 0.459. The van der Waals surface area contributed by atoms with Crippen molar-refractivity contribution in [3.05, 3.63) is 0 Å². The normalized spacial score (nSPS) is 35.2. The van der Waals surface area contributed by atoms with Crippen molar-refractivity contribution in [2.75, 3.05) is 6.61 Å². The number of rotatable bonds is 5. The summed E-state index contributed by atoms with van der Waals surface area (Å²) < 4.78 is 16.3. The lowest BCUT2D eigenvalue weighted by atomic mass is 9.93. The quantitative estimate of drug-likeness (QED) is 0.694. The highest BCUT2D eigenvalue weighted by molar-refractivity contribution is 6.11. The van der Waals surface area contributed by atoms with Crippen LogP contribution in [0.15, 0.2) is 0 Å². The Morgan fingerprint density at radius 3 is 2.38 bits per heavy atom. The zero-order valence-electron chi connectivity index (χ0n) is 10.4. The standard InChI is InChI=1S/C11H21BO4/c1-6(2)14-5-8-9(13)10(11(12)16-8)15-7(3)4/h6-11,13H,5H2,1-4H3/t8-,9+,10?,11-/m1/s1. The number of hydrogen-bond acceptors (Lipinski definition) is 4. The second kappa shape index (κ2) is 6.01. The lowest BCUT2D eigenvalue weighted by molar-refractivity contribution is -0.0629. The molecular weight excluding hydrogens is 207 g/mol. The molecule has 1 rings (SSSR count). The van der Waals surface area contributed by atoms with Gasteiger partial charge in [0.15, 0.2) is 0 Å². The fourth-order valence-electron chi connectivity index (χ4n) is 1.66. The van der Waals surface area contributed by atoms with Crippen LogP contribution in [0.25, 0.3) is 0 Å². The van der Waals surface area contributed by atoms with E-state index >= 15 is 0 Å². The first-order valence-electron chi connectivity index (χ1n) is 5.78. The Morgan fingerprint density at radius 2 is 1.88 bits per heavy atom. The molecule has 4 atom stereocenters. The molecule has 92 valence electrons. The molecule has 0 aromatic carbocycles. The van der Waals surface area contributed by atoms with Crippen LogP contribution in [0, 0.1) is 0 Å². The van der Waals surface area contributed by atoms with Crippen molar-refractivity contribution in [2.24, 2.45) is 0 Å². The summed E-state index contributed by atoms with van der Waals surface area (Å²) in [6.07, 6.45) is -1.48.